The number of carboxylic acid groups (broad SMARTS) is 1. The van der Waals surface area contributed by atoms with Gasteiger partial charge in [0.1, 0.15) is 0 Å². The first kappa shape index (κ1) is 16.7. The second kappa shape index (κ2) is 7.09. The van der Waals surface area contributed by atoms with Crippen LogP contribution < -0.4 is 5.32 Å². The Hall–Kier alpha value is -2.63. The van der Waals surface area contributed by atoms with Crippen molar-refractivity contribution in [2.75, 3.05) is 0 Å². The summed E-state index contributed by atoms with van der Waals surface area (Å²) in [6.45, 7) is 3.99. The highest BCUT2D eigenvalue weighted by molar-refractivity contribution is 6.03. The molecular formula is C17H21N3O3. The quantitative estimate of drug-likeness (QED) is 0.858. The van der Waals surface area contributed by atoms with E-state index in [1.807, 2.05) is 31.2 Å². The third-order valence-corrected chi connectivity index (χ3v) is 3.64. The van der Waals surface area contributed by atoms with Crippen molar-refractivity contribution in [2.45, 2.75) is 32.7 Å². The van der Waals surface area contributed by atoms with Crippen molar-refractivity contribution < 1.29 is 14.7 Å². The van der Waals surface area contributed by atoms with Gasteiger partial charge in [0.15, 0.2) is 5.69 Å². The van der Waals surface area contributed by atoms with E-state index in [9.17, 15) is 9.59 Å². The zero-order valence-electron chi connectivity index (χ0n) is 13.5. The molecule has 1 aromatic heterocycles. The van der Waals surface area contributed by atoms with E-state index < -0.39 is 11.9 Å². The molecule has 0 radical (unpaired) electrons. The fourth-order valence-corrected chi connectivity index (χ4v) is 2.43. The average molecular weight is 315 g/mol. The van der Waals surface area contributed by atoms with E-state index in [1.54, 1.807) is 7.05 Å². The van der Waals surface area contributed by atoms with Crippen LogP contribution >= 0.6 is 0 Å². The fourth-order valence-electron chi connectivity index (χ4n) is 2.43. The number of hydrogen-bond donors (Lipinski definition) is 2. The standard InChI is InChI=1S/C17H21N3O3/c1-4-5-12-6-8-13(9-7-12)11(2)18-16(21)14-10-20(3)19-15(14)17(22)23/h6-11H,4-5H2,1-3H3,(H,18,21)(H,22,23). The predicted octanol–water partition coefficient (Wildman–Crippen LogP) is 2.56. The molecule has 0 fully saturated rings. The van der Waals surface area contributed by atoms with Crippen molar-refractivity contribution in [3.8, 4) is 0 Å². The lowest BCUT2D eigenvalue weighted by molar-refractivity contribution is 0.0683. The van der Waals surface area contributed by atoms with Crippen molar-refractivity contribution in [1.82, 2.24) is 15.1 Å². The van der Waals surface area contributed by atoms with Gasteiger partial charge >= 0.3 is 5.97 Å². The molecule has 6 heteroatoms. The van der Waals surface area contributed by atoms with E-state index >= 15 is 0 Å². The van der Waals surface area contributed by atoms with Gasteiger partial charge in [0, 0.05) is 13.2 Å². The van der Waals surface area contributed by atoms with Crippen LogP contribution in [0.1, 0.15) is 58.3 Å². The van der Waals surface area contributed by atoms with Gasteiger partial charge in [-0.05, 0) is 24.5 Å². The summed E-state index contributed by atoms with van der Waals surface area (Å²) in [7, 11) is 1.58. The number of rotatable bonds is 6. The lowest BCUT2D eigenvalue weighted by Gasteiger charge is -2.14. The van der Waals surface area contributed by atoms with Crippen LogP contribution in [0.4, 0.5) is 0 Å². The third-order valence-electron chi connectivity index (χ3n) is 3.64. The van der Waals surface area contributed by atoms with Gasteiger partial charge in [0.05, 0.1) is 11.6 Å². The highest BCUT2D eigenvalue weighted by atomic mass is 16.4. The Morgan fingerprint density at radius 1 is 1.30 bits per heavy atom. The molecule has 0 saturated heterocycles. The molecule has 0 bridgehead atoms. The summed E-state index contributed by atoms with van der Waals surface area (Å²) < 4.78 is 1.32. The first-order chi connectivity index (χ1) is 10.9. The zero-order valence-corrected chi connectivity index (χ0v) is 13.5. The zero-order chi connectivity index (χ0) is 17.0. The van der Waals surface area contributed by atoms with E-state index in [1.165, 1.54) is 16.4 Å². The molecule has 1 unspecified atom stereocenters. The molecule has 2 rings (SSSR count). The number of aryl methyl sites for hydroxylation is 2. The van der Waals surface area contributed by atoms with Crippen LogP contribution in [0.5, 0.6) is 0 Å². The van der Waals surface area contributed by atoms with Crippen molar-refractivity contribution in [1.29, 1.82) is 0 Å². The summed E-state index contributed by atoms with van der Waals surface area (Å²) in [5.74, 6) is -1.66. The van der Waals surface area contributed by atoms with Crippen LogP contribution in [0.25, 0.3) is 0 Å². The molecule has 1 aromatic carbocycles. The minimum absolute atomic E-state index is 0.0643. The van der Waals surface area contributed by atoms with E-state index in [2.05, 4.69) is 17.3 Å². The number of aromatic nitrogens is 2. The molecule has 0 aliphatic heterocycles. The molecule has 122 valence electrons. The Morgan fingerprint density at radius 2 is 1.96 bits per heavy atom. The van der Waals surface area contributed by atoms with Gasteiger partial charge in [-0.25, -0.2) is 4.79 Å². The number of carbonyl (C=O) groups excluding carboxylic acids is 1. The normalized spacial score (nSPS) is 12.0. The molecule has 1 amide bonds. The van der Waals surface area contributed by atoms with E-state index in [4.69, 9.17) is 5.11 Å². The van der Waals surface area contributed by atoms with Gasteiger partial charge in [0.2, 0.25) is 0 Å². The van der Waals surface area contributed by atoms with E-state index in [0.29, 0.717) is 0 Å². The van der Waals surface area contributed by atoms with Gasteiger partial charge in [-0.3, -0.25) is 9.48 Å². The SMILES string of the molecule is CCCc1ccc(C(C)NC(=O)c2cn(C)nc2C(=O)O)cc1. The number of amides is 1. The van der Waals surface area contributed by atoms with Gasteiger partial charge in [-0.15, -0.1) is 0 Å². The lowest BCUT2D eigenvalue weighted by Crippen LogP contribution is -2.27. The van der Waals surface area contributed by atoms with Gasteiger partial charge in [0.25, 0.3) is 5.91 Å². The number of aromatic carboxylic acids is 1. The topological polar surface area (TPSA) is 84.2 Å². The number of nitrogens with one attached hydrogen (secondary N) is 1. The lowest BCUT2D eigenvalue weighted by atomic mass is 10.0. The molecule has 2 N–H and O–H groups in total. The maximum Gasteiger partial charge on any atom is 0.357 e. The van der Waals surface area contributed by atoms with Crippen LogP contribution in [0.2, 0.25) is 0 Å². The minimum Gasteiger partial charge on any atom is -0.476 e. The largest absolute Gasteiger partial charge is 0.476 e. The van der Waals surface area contributed by atoms with E-state index in [-0.39, 0.29) is 17.3 Å². The summed E-state index contributed by atoms with van der Waals surface area (Å²) in [5, 5.41) is 15.7. The summed E-state index contributed by atoms with van der Waals surface area (Å²) in [6, 6.07) is 7.84. The van der Waals surface area contributed by atoms with Crippen LogP contribution in [0.3, 0.4) is 0 Å². The Morgan fingerprint density at radius 3 is 2.52 bits per heavy atom. The molecular weight excluding hydrogens is 294 g/mol. The Labute approximate surface area is 135 Å². The molecule has 1 atom stereocenters. The molecule has 6 nitrogen and oxygen atoms in total. The van der Waals surface area contributed by atoms with Crippen LogP contribution in [-0.2, 0) is 13.5 Å². The summed E-state index contributed by atoms with van der Waals surface area (Å²) in [5.41, 5.74) is 2.05. The van der Waals surface area contributed by atoms with Crippen molar-refractivity contribution in [3.63, 3.8) is 0 Å². The van der Waals surface area contributed by atoms with E-state index in [0.717, 1.165) is 18.4 Å². The predicted molar refractivity (Wildman–Crippen MR) is 86.5 cm³/mol. The monoisotopic (exact) mass is 315 g/mol. The second-order valence-electron chi connectivity index (χ2n) is 5.56. The molecule has 0 aliphatic rings. The highest BCUT2D eigenvalue weighted by Gasteiger charge is 2.22. The van der Waals surface area contributed by atoms with Crippen molar-refractivity contribution >= 4 is 11.9 Å². The summed E-state index contributed by atoms with van der Waals surface area (Å²) >= 11 is 0. The van der Waals surface area contributed by atoms with Gasteiger partial charge in [-0.1, -0.05) is 37.6 Å². The fraction of sp³-hybridized carbons (Fsp3) is 0.353. The minimum atomic E-state index is -1.22. The summed E-state index contributed by atoms with van der Waals surface area (Å²) in [6.07, 6.45) is 3.53. The number of nitrogens with zero attached hydrogens (tertiary/aromatic N) is 2. The molecule has 0 spiro atoms. The molecule has 1 heterocycles. The number of carboxylic acids is 1. The van der Waals surface area contributed by atoms with Crippen LogP contribution in [0.15, 0.2) is 30.5 Å². The van der Waals surface area contributed by atoms with Crippen LogP contribution in [0, 0.1) is 0 Å². The molecule has 23 heavy (non-hydrogen) atoms. The number of benzene rings is 1. The Balaban J connectivity index is 2.12. The van der Waals surface area contributed by atoms with Gasteiger partial charge in [-0.2, -0.15) is 5.10 Å². The average Bonchev–Trinajstić information content (AvgIpc) is 2.90. The summed E-state index contributed by atoms with van der Waals surface area (Å²) in [4.78, 5) is 23.4. The van der Waals surface area contributed by atoms with Crippen molar-refractivity contribution in [2.24, 2.45) is 7.05 Å². The Kier molecular flexibility index (Phi) is 5.16. The van der Waals surface area contributed by atoms with Crippen molar-refractivity contribution in [3.05, 3.63) is 52.8 Å². The Bertz CT molecular complexity index is 704. The second-order valence-corrected chi connectivity index (χ2v) is 5.56. The molecule has 0 saturated carbocycles. The first-order valence-corrected chi connectivity index (χ1v) is 7.59. The first-order valence-electron chi connectivity index (χ1n) is 7.59. The van der Waals surface area contributed by atoms with Gasteiger partial charge < -0.3 is 10.4 Å². The number of carbonyl (C=O) groups is 2. The maximum absolute atomic E-state index is 12.3. The molecule has 0 aliphatic carbocycles. The van der Waals surface area contributed by atoms with Crippen LogP contribution in [-0.4, -0.2) is 26.8 Å². The number of hydrogen-bond acceptors (Lipinski definition) is 3. The third kappa shape index (κ3) is 3.97. The maximum atomic E-state index is 12.3. The highest BCUT2D eigenvalue weighted by Crippen LogP contribution is 2.16. The smallest absolute Gasteiger partial charge is 0.357 e. The molecule has 2 aromatic rings.